The fourth-order valence-electron chi connectivity index (χ4n) is 2.10. The van der Waals surface area contributed by atoms with Gasteiger partial charge in [-0.3, -0.25) is 4.90 Å². The van der Waals surface area contributed by atoms with E-state index in [0.717, 1.165) is 7.14 Å². The Labute approximate surface area is 180 Å². The molecule has 2 aromatic carbocycles. The van der Waals surface area contributed by atoms with Gasteiger partial charge in [-0.15, -0.1) is 0 Å². The van der Waals surface area contributed by atoms with Crippen LogP contribution in [-0.2, 0) is 9.47 Å². The second kappa shape index (κ2) is 10.8. The van der Waals surface area contributed by atoms with Crippen molar-refractivity contribution in [1.29, 1.82) is 0 Å². The molecule has 0 saturated heterocycles. The zero-order chi connectivity index (χ0) is 18.9. The summed E-state index contributed by atoms with van der Waals surface area (Å²) in [6.07, 6.45) is 0. The van der Waals surface area contributed by atoms with Crippen LogP contribution in [0.15, 0.2) is 48.5 Å². The molecule has 0 unspecified atom stereocenters. The third-order valence-corrected chi connectivity index (χ3v) is 4.87. The van der Waals surface area contributed by atoms with E-state index in [2.05, 4.69) is 45.2 Å². The van der Waals surface area contributed by atoms with E-state index in [4.69, 9.17) is 9.47 Å². The summed E-state index contributed by atoms with van der Waals surface area (Å²) in [4.78, 5) is 25.9. The molecule has 138 valence electrons. The number of benzene rings is 2. The summed E-state index contributed by atoms with van der Waals surface area (Å²) in [6.45, 7) is 1.70. The zero-order valence-corrected chi connectivity index (χ0v) is 18.6. The molecule has 0 spiro atoms. The maximum Gasteiger partial charge on any atom is 0.338 e. The van der Waals surface area contributed by atoms with E-state index in [9.17, 15) is 9.59 Å². The molecule has 26 heavy (non-hydrogen) atoms. The third kappa shape index (κ3) is 7.20. The number of likely N-dealkylation sites (N-methyl/N-ethyl adjacent to an activating group) is 1. The van der Waals surface area contributed by atoms with Gasteiger partial charge in [0.2, 0.25) is 0 Å². The van der Waals surface area contributed by atoms with Crippen LogP contribution in [0.25, 0.3) is 0 Å². The minimum atomic E-state index is -0.331. The van der Waals surface area contributed by atoms with Gasteiger partial charge in [-0.2, -0.15) is 0 Å². The maximum absolute atomic E-state index is 12.0. The van der Waals surface area contributed by atoms with Crippen molar-refractivity contribution in [3.8, 4) is 0 Å². The largest absolute Gasteiger partial charge is 0.461 e. The smallest absolute Gasteiger partial charge is 0.338 e. The molecule has 7 heteroatoms. The maximum atomic E-state index is 12.0. The lowest BCUT2D eigenvalue weighted by Gasteiger charge is -2.16. The van der Waals surface area contributed by atoms with Crippen LogP contribution in [0.4, 0.5) is 0 Å². The van der Waals surface area contributed by atoms with Crippen LogP contribution in [0.3, 0.4) is 0 Å². The number of hydrogen-bond donors (Lipinski definition) is 0. The van der Waals surface area contributed by atoms with Crippen LogP contribution in [0, 0.1) is 7.14 Å². The second-order valence-electron chi connectivity index (χ2n) is 5.60. The normalized spacial score (nSPS) is 10.6. The van der Waals surface area contributed by atoms with Crippen LogP contribution < -0.4 is 0 Å². The minimum Gasteiger partial charge on any atom is -0.461 e. The molecule has 0 aliphatic heterocycles. The summed E-state index contributed by atoms with van der Waals surface area (Å²) >= 11 is 4.31. The quantitative estimate of drug-likeness (QED) is 0.352. The Kier molecular flexibility index (Phi) is 8.79. The highest BCUT2D eigenvalue weighted by molar-refractivity contribution is 14.1. The average molecular weight is 579 g/mol. The van der Waals surface area contributed by atoms with Crippen molar-refractivity contribution in [3.63, 3.8) is 0 Å². The van der Waals surface area contributed by atoms with Gasteiger partial charge < -0.3 is 9.47 Å². The Hall–Kier alpha value is -1.20. The molecule has 0 bridgehead atoms. The number of halogens is 2. The Morgan fingerprint density at radius 3 is 1.65 bits per heavy atom. The highest BCUT2D eigenvalue weighted by Crippen LogP contribution is 2.10. The number of hydrogen-bond acceptors (Lipinski definition) is 5. The first-order valence-corrected chi connectivity index (χ1v) is 10.2. The molecule has 0 N–H and O–H groups in total. The van der Waals surface area contributed by atoms with Crippen molar-refractivity contribution in [2.45, 2.75) is 0 Å². The minimum absolute atomic E-state index is 0.283. The molecule has 0 fully saturated rings. The average Bonchev–Trinajstić information content (AvgIpc) is 2.61. The molecule has 0 atom stereocenters. The first kappa shape index (κ1) is 21.1. The van der Waals surface area contributed by atoms with E-state index in [1.54, 1.807) is 24.3 Å². The molecule has 0 saturated carbocycles. The number of carbonyl (C=O) groups excluding carboxylic acids is 2. The van der Waals surface area contributed by atoms with Crippen LogP contribution >= 0.6 is 45.2 Å². The second-order valence-corrected chi connectivity index (χ2v) is 8.09. The number of ether oxygens (including phenoxy) is 2. The summed E-state index contributed by atoms with van der Waals surface area (Å²) in [6, 6.07) is 14.5. The number of nitrogens with zero attached hydrogens (tertiary/aromatic N) is 1. The summed E-state index contributed by atoms with van der Waals surface area (Å²) < 4.78 is 12.5. The predicted octanol–water partition coefficient (Wildman–Crippen LogP) is 3.84. The zero-order valence-electron chi connectivity index (χ0n) is 14.3. The van der Waals surface area contributed by atoms with Crippen molar-refractivity contribution in [1.82, 2.24) is 4.90 Å². The van der Waals surface area contributed by atoms with E-state index in [1.807, 2.05) is 36.2 Å². The first-order valence-electron chi connectivity index (χ1n) is 7.99. The number of rotatable bonds is 8. The molecule has 0 amide bonds. The summed E-state index contributed by atoms with van der Waals surface area (Å²) in [5.74, 6) is -0.663. The molecule has 0 aromatic heterocycles. The molecule has 0 radical (unpaired) electrons. The van der Waals surface area contributed by atoms with Crippen LogP contribution in [0.5, 0.6) is 0 Å². The monoisotopic (exact) mass is 579 g/mol. The molecule has 5 nitrogen and oxygen atoms in total. The molecular weight excluding hydrogens is 560 g/mol. The highest BCUT2D eigenvalue weighted by Gasteiger charge is 2.10. The van der Waals surface area contributed by atoms with Crippen molar-refractivity contribution < 1.29 is 19.1 Å². The van der Waals surface area contributed by atoms with E-state index < -0.39 is 0 Å². The lowest BCUT2D eigenvalue weighted by Crippen LogP contribution is -2.28. The fraction of sp³-hybridized carbons (Fsp3) is 0.263. The van der Waals surface area contributed by atoms with Crippen molar-refractivity contribution in [3.05, 3.63) is 66.8 Å². The van der Waals surface area contributed by atoms with E-state index in [1.165, 1.54) is 0 Å². The lowest BCUT2D eigenvalue weighted by molar-refractivity contribution is 0.0419. The van der Waals surface area contributed by atoms with E-state index >= 15 is 0 Å². The summed E-state index contributed by atoms with van der Waals surface area (Å²) in [5, 5.41) is 0. The van der Waals surface area contributed by atoms with Gasteiger partial charge in [0.1, 0.15) is 13.2 Å². The first-order chi connectivity index (χ1) is 12.5. The SMILES string of the molecule is CN(CCOC(=O)c1cccc(I)c1)CCOC(=O)c1cccc(I)c1. The van der Waals surface area contributed by atoms with E-state index in [0.29, 0.717) is 24.2 Å². The van der Waals surface area contributed by atoms with Gasteiger partial charge in [-0.05, 0) is 88.6 Å². The van der Waals surface area contributed by atoms with Gasteiger partial charge in [0.05, 0.1) is 11.1 Å². The lowest BCUT2D eigenvalue weighted by atomic mass is 10.2. The Morgan fingerprint density at radius 1 is 0.846 bits per heavy atom. The third-order valence-electron chi connectivity index (χ3n) is 3.53. The molecule has 0 aliphatic carbocycles. The van der Waals surface area contributed by atoms with Crippen molar-refractivity contribution in [2.75, 3.05) is 33.4 Å². The molecule has 0 aliphatic rings. The van der Waals surface area contributed by atoms with Crippen LogP contribution in [0.1, 0.15) is 20.7 Å². The molecular formula is C19H19I2NO4. The molecule has 0 heterocycles. The topological polar surface area (TPSA) is 55.8 Å². The Morgan fingerprint density at radius 2 is 1.27 bits per heavy atom. The van der Waals surface area contributed by atoms with Crippen LogP contribution in [0.2, 0.25) is 0 Å². The van der Waals surface area contributed by atoms with Gasteiger partial charge >= 0.3 is 11.9 Å². The van der Waals surface area contributed by atoms with Crippen LogP contribution in [-0.4, -0.2) is 50.2 Å². The van der Waals surface area contributed by atoms with E-state index in [-0.39, 0.29) is 25.2 Å². The summed E-state index contributed by atoms with van der Waals surface area (Å²) in [5.41, 5.74) is 1.09. The van der Waals surface area contributed by atoms with Gasteiger partial charge in [0, 0.05) is 20.2 Å². The van der Waals surface area contributed by atoms with Crippen molar-refractivity contribution >= 4 is 57.1 Å². The predicted molar refractivity (Wildman–Crippen MR) is 116 cm³/mol. The highest BCUT2D eigenvalue weighted by atomic mass is 127. The standard InChI is InChI=1S/C19H19I2NO4/c1-22(8-10-25-18(23)14-4-2-6-16(20)12-14)9-11-26-19(24)15-5-3-7-17(21)13-15/h2-7,12-13H,8-11H2,1H3. The van der Waals surface area contributed by atoms with Crippen molar-refractivity contribution in [2.24, 2.45) is 0 Å². The Balaban J connectivity index is 1.65. The van der Waals surface area contributed by atoms with Gasteiger partial charge in [0.15, 0.2) is 0 Å². The van der Waals surface area contributed by atoms with Gasteiger partial charge in [-0.25, -0.2) is 9.59 Å². The van der Waals surface area contributed by atoms with Gasteiger partial charge in [0.25, 0.3) is 0 Å². The number of esters is 2. The Bertz CT molecular complexity index is 703. The number of carbonyl (C=O) groups is 2. The van der Waals surface area contributed by atoms with Gasteiger partial charge in [-0.1, -0.05) is 12.1 Å². The summed E-state index contributed by atoms with van der Waals surface area (Å²) in [7, 11) is 1.89. The molecule has 2 rings (SSSR count). The fourth-order valence-corrected chi connectivity index (χ4v) is 3.18. The molecule has 2 aromatic rings.